The Morgan fingerprint density at radius 2 is 1.78 bits per heavy atom. The molecule has 4 rings (SSSR count). The highest BCUT2D eigenvalue weighted by Crippen LogP contribution is 2.39. The molecule has 3 heteroatoms. The summed E-state index contributed by atoms with van der Waals surface area (Å²) in [7, 11) is 0. The van der Waals surface area contributed by atoms with Gasteiger partial charge in [-0.2, -0.15) is 0 Å². The first kappa shape index (κ1) is 15.0. The van der Waals surface area contributed by atoms with Crippen molar-refractivity contribution in [1.29, 1.82) is 0 Å². The zero-order valence-electron chi connectivity index (χ0n) is 13.2. The number of benzene rings is 2. The monoisotopic (exact) mass is 327 g/mol. The molecule has 1 aliphatic heterocycles. The lowest BCUT2D eigenvalue weighted by Gasteiger charge is -2.38. The largest absolute Gasteiger partial charge is 0.487 e. The molecular formula is C20H22ClNO. The Morgan fingerprint density at radius 1 is 1.00 bits per heavy atom. The van der Waals surface area contributed by atoms with Crippen LogP contribution in [0.5, 0.6) is 5.75 Å². The first-order valence-electron chi connectivity index (χ1n) is 8.49. The second-order valence-electron chi connectivity index (χ2n) is 6.73. The highest BCUT2D eigenvalue weighted by Gasteiger charge is 2.41. The van der Waals surface area contributed by atoms with Crippen LogP contribution in [0.2, 0.25) is 5.02 Å². The molecule has 0 amide bonds. The molecule has 0 unspecified atom stereocenters. The van der Waals surface area contributed by atoms with Crippen molar-refractivity contribution in [3.8, 4) is 5.75 Å². The molecule has 120 valence electrons. The van der Waals surface area contributed by atoms with E-state index >= 15 is 0 Å². The molecule has 2 bridgehead atoms. The van der Waals surface area contributed by atoms with Crippen LogP contribution in [0.15, 0.2) is 54.6 Å². The van der Waals surface area contributed by atoms with Crippen LogP contribution in [0.3, 0.4) is 0 Å². The van der Waals surface area contributed by atoms with Gasteiger partial charge in [0.2, 0.25) is 0 Å². The van der Waals surface area contributed by atoms with Crippen LogP contribution >= 0.6 is 11.6 Å². The Kier molecular flexibility index (Phi) is 4.28. The summed E-state index contributed by atoms with van der Waals surface area (Å²) in [5.74, 6) is 1.49. The maximum atomic E-state index is 6.31. The smallest absolute Gasteiger partial charge is 0.138 e. The summed E-state index contributed by atoms with van der Waals surface area (Å²) in [6.07, 6.45) is 4.06. The Balaban J connectivity index is 1.49. The van der Waals surface area contributed by atoms with Crippen molar-refractivity contribution < 1.29 is 4.74 Å². The summed E-state index contributed by atoms with van der Waals surface area (Å²) in [5, 5.41) is 0.710. The van der Waals surface area contributed by atoms with E-state index in [1.807, 2.05) is 24.3 Å². The summed E-state index contributed by atoms with van der Waals surface area (Å²) in [6, 6.07) is 19.3. The Hall–Kier alpha value is -1.51. The lowest BCUT2D eigenvalue weighted by molar-refractivity contribution is 0.0340. The van der Waals surface area contributed by atoms with E-state index in [-0.39, 0.29) is 6.10 Å². The molecule has 0 aromatic heterocycles. The maximum absolute atomic E-state index is 6.31. The Morgan fingerprint density at radius 3 is 2.61 bits per heavy atom. The number of piperidine rings is 1. The SMILES string of the molecule is Clc1ccccc1O[C@H]1CN(Cc2ccccc2)[C@@H]2CC[C@H]1C2. The van der Waals surface area contributed by atoms with Gasteiger partial charge in [-0.05, 0) is 42.9 Å². The fourth-order valence-electron chi connectivity index (χ4n) is 4.04. The van der Waals surface area contributed by atoms with Crippen LogP contribution in [0.4, 0.5) is 0 Å². The fourth-order valence-corrected chi connectivity index (χ4v) is 4.22. The van der Waals surface area contributed by atoms with Crippen molar-refractivity contribution in [2.24, 2.45) is 5.92 Å². The van der Waals surface area contributed by atoms with Gasteiger partial charge in [0.05, 0.1) is 5.02 Å². The normalized spacial score (nSPS) is 27.1. The van der Waals surface area contributed by atoms with Crippen LogP contribution in [0, 0.1) is 5.92 Å². The van der Waals surface area contributed by atoms with Gasteiger partial charge >= 0.3 is 0 Å². The van der Waals surface area contributed by atoms with Gasteiger partial charge in [0.1, 0.15) is 11.9 Å². The topological polar surface area (TPSA) is 12.5 Å². The molecule has 2 aromatic carbocycles. The summed E-state index contributed by atoms with van der Waals surface area (Å²) >= 11 is 6.27. The van der Waals surface area contributed by atoms with Crippen LogP contribution < -0.4 is 4.74 Å². The zero-order valence-corrected chi connectivity index (χ0v) is 14.0. The molecule has 3 atom stereocenters. The molecular weight excluding hydrogens is 306 g/mol. The van der Waals surface area contributed by atoms with Gasteiger partial charge in [0.25, 0.3) is 0 Å². The van der Waals surface area contributed by atoms with Crippen LogP contribution in [0.1, 0.15) is 24.8 Å². The van der Waals surface area contributed by atoms with E-state index in [1.54, 1.807) is 0 Å². The third-order valence-electron chi connectivity index (χ3n) is 5.25. The highest BCUT2D eigenvalue weighted by atomic mass is 35.5. The number of hydrogen-bond donors (Lipinski definition) is 0. The number of ether oxygens (including phenoxy) is 1. The van der Waals surface area contributed by atoms with Crippen molar-refractivity contribution in [1.82, 2.24) is 4.90 Å². The summed E-state index contributed by atoms with van der Waals surface area (Å²) in [6.45, 7) is 2.01. The second-order valence-corrected chi connectivity index (χ2v) is 7.14. The summed E-state index contributed by atoms with van der Waals surface area (Å²) in [4.78, 5) is 2.60. The second kappa shape index (κ2) is 6.54. The van der Waals surface area contributed by atoms with Gasteiger partial charge in [-0.25, -0.2) is 0 Å². The van der Waals surface area contributed by atoms with Gasteiger partial charge in [-0.3, -0.25) is 4.90 Å². The van der Waals surface area contributed by atoms with Gasteiger partial charge in [-0.1, -0.05) is 54.1 Å². The number of likely N-dealkylation sites (tertiary alicyclic amines) is 1. The zero-order chi connectivity index (χ0) is 15.6. The molecule has 1 saturated heterocycles. The predicted molar refractivity (Wildman–Crippen MR) is 93.8 cm³/mol. The van der Waals surface area contributed by atoms with Crippen molar-refractivity contribution in [3.63, 3.8) is 0 Å². The third kappa shape index (κ3) is 3.24. The fraction of sp³-hybridized carbons (Fsp3) is 0.400. The highest BCUT2D eigenvalue weighted by molar-refractivity contribution is 6.32. The maximum Gasteiger partial charge on any atom is 0.138 e. The molecule has 0 radical (unpaired) electrons. The summed E-state index contributed by atoms with van der Waals surface area (Å²) < 4.78 is 6.31. The van der Waals surface area contributed by atoms with Crippen LogP contribution in [-0.2, 0) is 6.54 Å². The number of halogens is 1. The van der Waals surface area contributed by atoms with Crippen LogP contribution in [-0.4, -0.2) is 23.6 Å². The third-order valence-corrected chi connectivity index (χ3v) is 5.56. The first-order chi connectivity index (χ1) is 11.3. The van der Waals surface area contributed by atoms with Gasteiger partial charge in [0, 0.05) is 19.1 Å². The Labute approximate surface area is 143 Å². The lowest BCUT2D eigenvalue weighted by Crippen LogP contribution is -2.47. The number of para-hydroxylation sites is 1. The lowest BCUT2D eigenvalue weighted by atomic mass is 9.95. The van der Waals surface area contributed by atoms with Gasteiger partial charge < -0.3 is 4.74 Å². The van der Waals surface area contributed by atoms with Gasteiger partial charge in [0.15, 0.2) is 0 Å². The number of nitrogens with zero attached hydrogens (tertiary/aromatic N) is 1. The van der Waals surface area contributed by atoms with Crippen molar-refractivity contribution in [2.75, 3.05) is 6.54 Å². The molecule has 1 saturated carbocycles. The van der Waals surface area contributed by atoms with Crippen molar-refractivity contribution in [3.05, 3.63) is 65.2 Å². The van der Waals surface area contributed by atoms with E-state index in [0.717, 1.165) is 18.8 Å². The average molecular weight is 328 g/mol. The minimum absolute atomic E-state index is 0.248. The standard InChI is InChI=1S/C20H22ClNO/c21-18-8-4-5-9-19(18)23-20-14-22(17-11-10-16(20)12-17)13-15-6-2-1-3-7-15/h1-9,16-17,20H,10-14H2/t16-,17+,20-/m0/s1. The molecule has 2 nitrogen and oxygen atoms in total. The molecule has 2 aromatic rings. The number of fused-ring (bicyclic) bond motifs is 2. The van der Waals surface area contributed by atoms with Crippen LogP contribution in [0.25, 0.3) is 0 Å². The molecule has 2 fully saturated rings. The van der Waals surface area contributed by atoms with E-state index in [0.29, 0.717) is 17.0 Å². The minimum Gasteiger partial charge on any atom is -0.487 e. The average Bonchev–Trinajstić information content (AvgIpc) is 3.00. The molecule has 1 aliphatic carbocycles. The molecule has 0 N–H and O–H groups in total. The molecule has 23 heavy (non-hydrogen) atoms. The Bertz CT molecular complexity index is 660. The number of rotatable bonds is 4. The van der Waals surface area contributed by atoms with Crippen molar-refractivity contribution >= 4 is 11.6 Å². The van der Waals surface area contributed by atoms with Crippen molar-refractivity contribution in [2.45, 2.75) is 38.0 Å². The molecule has 0 spiro atoms. The molecule has 2 aliphatic rings. The summed E-state index contributed by atoms with van der Waals surface area (Å²) in [5.41, 5.74) is 1.38. The van der Waals surface area contributed by atoms with E-state index in [1.165, 1.54) is 24.8 Å². The quantitative estimate of drug-likeness (QED) is 0.802. The van der Waals surface area contributed by atoms with E-state index in [2.05, 4.69) is 35.2 Å². The van der Waals surface area contributed by atoms with E-state index < -0.39 is 0 Å². The minimum atomic E-state index is 0.248. The van der Waals surface area contributed by atoms with E-state index in [9.17, 15) is 0 Å². The number of hydrogen-bond acceptors (Lipinski definition) is 2. The van der Waals surface area contributed by atoms with Gasteiger partial charge in [-0.15, -0.1) is 0 Å². The first-order valence-corrected chi connectivity index (χ1v) is 8.86. The predicted octanol–water partition coefficient (Wildman–Crippen LogP) is 4.77. The molecule has 1 heterocycles. The van der Waals surface area contributed by atoms with E-state index in [4.69, 9.17) is 16.3 Å².